The average Bonchev–Trinajstić information content (AvgIpc) is 2.94. The van der Waals surface area contributed by atoms with E-state index in [0.29, 0.717) is 5.41 Å². The molecule has 17 heavy (non-hydrogen) atoms. The highest BCUT2D eigenvalue weighted by molar-refractivity contribution is 5.53. The van der Waals surface area contributed by atoms with E-state index < -0.39 is 0 Å². The molecule has 2 aliphatic rings. The molecule has 0 saturated carbocycles. The molecule has 3 heterocycles. The van der Waals surface area contributed by atoms with Crippen LogP contribution < -0.4 is 10.2 Å². The Kier molecular flexibility index (Phi) is 2.54. The first-order valence-electron chi connectivity index (χ1n) is 6.26. The molecule has 1 aromatic heterocycles. The largest absolute Gasteiger partial charge is 0.371 e. The Hall–Kier alpha value is -1.16. The van der Waals surface area contributed by atoms with Crippen molar-refractivity contribution in [2.45, 2.75) is 19.8 Å². The first-order chi connectivity index (χ1) is 8.19. The van der Waals surface area contributed by atoms with Gasteiger partial charge in [-0.05, 0) is 31.9 Å². The van der Waals surface area contributed by atoms with Crippen LogP contribution in [0, 0.1) is 18.3 Å². The van der Waals surface area contributed by atoms with Crippen LogP contribution in [-0.2, 0) is 0 Å². The Balaban J connectivity index is 1.84. The lowest BCUT2D eigenvalue weighted by molar-refractivity contribution is 0.369. The van der Waals surface area contributed by atoms with Gasteiger partial charge in [0, 0.05) is 43.0 Å². The summed E-state index contributed by atoms with van der Waals surface area (Å²) in [7, 11) is 0. The molecule has 0 aromatic carbocycles. The van der Waals surface area contributed by atoms with Crippen molar-refractivity contribution in [2.24, 2.45) is 5.41 Å². The summed E-state index contributed by atoms with van der Waals surface area (Å²) >= 11 is 0. The third-order valence-corrected chi connectivity index (χ3v) is 4.15. The van der Waals surface area contributed by atoms with E-state index in [2.05, 4.69) is 15.2 Å². The summed E-state index contributed by atoms with van der Waals surface area (Å²) in [6, 6.07) is 1.57. The van der Waals surface area contributed by atoms with E-state index in [4.69, 9.17) is 0 Å². The van der Waals surface area contributed by atoms with Crippen molar-refractivity contribution in [3.63, 3.8) is 0 Å². The number of nitrogens with one attached hydrogen (secondary N) is 1. The number of hydrogen-bond donors (Lipinski definition) is 1. The number of nitrogens with zero attached hydrogens (tertiary/aromatic N) is 2. The van der Waals surface area contributed by atoms with E-state index in [1.54, 1.807) is 12.3 Å². The molecular weight excluding hydrogens is 217 g/mol. The van der Waals surface area contributed by atoms with Gasteiger partial charge in [0.1, 0.15) is 0 Å². The van der Waals surface area contributed by atoms with Crippen molar-refractivity contribution < 1.29 is 4.39 Å². The minimum Gasteiger partial charge on any atom is -0.371 e. The fourth-order valence-electron chi connectivity index (χ4n) is 3.11. The van der Waals surface area contributed by atoms with Crippen molar-refractivity contribution in [1.82, 2.24) is 10.3 Å². The fourth-order valence-corrected chi connectivity index (χ4v) is 3.11. The molecule has 1 aromatic rings. The Labute approximate surface area is 101 Å². The first kappa shape index (κ1) is 11.0. The van der Waals surface area contributed by atoms with Gasteiger partial charge >= 0.3 is 0 Å². The Morgan fingerprint density at radius 3 is 3.12 bits per heavy atom. The Morgan fingerprint density at radius 2 is 2.35 bits per heavy atom. The molecule has 1 unspecified atom stereocenters. The molecule has 3 nitrogen and oxygen atoms in total. The first-order valence-corrected chi connectivity index (χ1v) is 6.26. The highest BCUT2D eigenvalue weighted by atomic mass is 19.1. The number of hydrogen-bond acceptors (Lipinski definition) is 3. The van der Waals surface area contributed by atoms with Crippen LogP contribution in [0.25, 0.3) is 0 Å². The Bertz CT molecular complexity index is 427. The minimum atomic E-state index is -0.379. The van der Waals surface area contributed by atoms with Crippen LogP contribution in [0.15, 0.2) is 12.3 Å². The van der Waals surface area contributed by atoms with Crippen molar-refractivity contribution in [3.8, 4) is 0 Å². The average molecular weight is 235 g/mol. The molecule has 0 aliphatic carbocycles. The van der Waals surface area contributed by atoms with E-state index in [1.807, 2.05) is 6.92 Å². The standard InChI is InChI=1S/C13H18FN3/c1-10-7-16-12(14)6-11(10)17-5-3-13(9-17)2-4-15-8-13/h6-7,15H,2-5,8-9H2,1H3. The maximum atomic E-state index is 13.2. The molecule has 2 fully saturated rings. The van der Waals surface area contributed by atoms with Crippen molar-refractivity contribution >= 4 is 5.69 Å². The minimum absolute atomic E-state index is 0.379. The third-order valence-electron chi connectivity index (χ3n) is 4.15. The predicted octanol–water partition coefficient (Wildman–Crippen LogP) is 1.72. The molecule has 4 heteroatoms. The number of pyridine rings is 1. The lowest BCUT2D eigenvalue weighted by atomic mass is 9.86. The summed E-state index contributed by atoms with van der Waals surface area (Å²) < 4.78 is 13.2. The van der Waals surface area contributed by atoms with Crippen LogP contribution in [0.1, 0.15) is 18.4 Å². The zero-order chi connectivity index (χ0) is 11.9. The van der Waals surface area contributed by atoms with E-state index in [-0.39, 0.29) is 5.95 Å². The monoisotopic (exact) mass is 235 g/mol. The van der Waals surface area contributed by atoms with Gasteiger partial charge in [0.15, 0.2) is 0 Å². The van der Waals surface area contributed by atoms with Crippen molar-refractivity contribution in [1.29, 1.82) is 0 Å². The zero-order valence-electron chi connectivity index (χ0n) is 10.2. The van der Waals surface area contributed by atoms with E-state index in [9.17, 15) is 4.39 Å². The van der Waals surface area contributed by atoms with Gasteiger partial charge in [-0.3, -0.25) is 0 Å². The zero-order valence-corrected chi connectivity index (χ0v) is 10.2. The van der Waals surface area contributed by atoms with Gasteiger partial charge in [-0.1, -0.05) is 0 Å². The highest BCUT2D eigenvalue weighted by Gasteiger charge is 2.40. The van der Waals surface area contributed by atoms with Crippen LogP contribution in [-0.4, -0.2) is 31.2 Å². The smallest absolute Gasteiger partial charge is 0.214 e. The van der Waals surface area contributed by atoms with Gasteiger partial charge in [-0.25, -0.2) is 4.98 Å². The van der Waals surface area contributed by atoms with Crippen LogP contribution in [0.3, 0.4) is 0 Å². The summed E-state index contributed by atoms with van der Waals surface area (Å²) in [5.41, 5.74) is 2.50. The normalized spacial score (nSPS) is 28.2. The highest BCUT2D eigenvalue weighted by Crippen LogP contribution is 2.38. The Morgan fingerprint density at radius 1 is 1.47 bits per heavy atom. The maximum absolute atomic E-state index is 13.2. The molecular formula is C13H18FN3. The molecule has 2 aliphatic heterocycles. The van der Waals surface area contributed by atoms with Crippen LogP contribution in [0.2, 0.25) is 0 Å². The van der Waals surface area contributed by atoms with Crippen molar-refractivity contribution in [3.05, 3.63) is 23.8 Å². The quantitative estimate of drug-likeness (QED) is 0.751. The molecule has 0 radical (unpaired) electrons. The summed E-state index contributed by atoms with van der Waals surface area (Å²) in [4.78, 5) is 6.01. The molecule has 1 atom stereocenters. The van der Waals surface area contributed by atoms with Gasteiger partial charge in [0.25, 0.3) is 0 Å². The fraction of sp³-hybridized carbons (Fsp3) is 0.615. The second kappa shape index (κ2) is 3.95. The molecule has 0 amide bonds. The van der Waals surface area contributed by atoms with Gasteiger partial charge in [-0.15, -0.1) is 0 Å². The van der Waals surface area contributed by atoms with Gasteiger partial charge in [-0.2, -0.15) is 4.39 Å². The van der Waals surface area contributed by atoms with E-state index >= 15 is 0 Å². The number of aromatic nitrogens is 1. The summed E-state index contributed by atoms with van der Waals surface area (Å²) in [6.07, 6.45) is 4.09. The number of rotatable bonds is 1. The van der Waals surface area contributed by atoms with Crippen LogP contribution in [0.5, 0.6) is 0 Å². The van der Waals surface area contributed by atoms with E-state index in [0.717, 1.165) is 37.4 Å². The maximum Gasteiger partial charge on any atom is 0.214 e. The van der Waals surface area contributed by atoms with Crippen LogP contribution in [0.4, 0.5) is 10.1 Å². The van der Waals surface area contributed by atoms with Gasteiger partial charge in [0.05, 0.1) is 0 Å². The molecule has 1 spiro atoms. The molecule has 3 rings (SSSR count). The van der Waals surface area contributed by atoms with Crippen molar-refractivity contribution in [2.75, 3.05) is 31.1 Å². The lowest BCUT2D eigenvalue weighted by Gasteiger charge is -2.25. The molecule has 2 saturated heterocycles. The third kappa shape index (κ3) is 1.90. The number of halogens is 1. The number of anilines is 1. The van der Waals surface area contributed by atoms with Gasteiger partial charge in [0.2, 0.25) is 5.95 Å². The van der Waals surface area contributed by atoms with E-state index in [1.165, 1.54) is 12.8 Å². The summed E-state index contributed by atoms with van der Waals surface area (Å²) in [6.45, 7) is 6.31. The second-order valence-electron chi connectivity index (χ2n) is 5.39. The van der Waals surface area contributed by atoms with Crippen LogP contribution >= 0.6 is 0 Å². The summed E-state index contributed by atoms with van der Waals surface area (Å²) in [5.74, 6) is -0.379. The lowest BCUT2D eigenvalue weighted by Crippen LogP contribution is -2.29. The summed E-state index contributed by atoms with van der Waals surface area (Å²) in [5, 5.41) is 3.44. The topological polar surface area (TPSA) is 28.2 Å². The molecule has 1 N–H and O–H groups in total. The molecule has 92 valence electrons. The second-order valence-corrected chi connectivity index (χ2v) is 5.39. The molecule has 0 bridgehead atoms. The van der Waals surface area contributed by atoms with Gasteiger partial charge < -0.3 is 10.2 Å². The number of aryl methyl sites for hydroxylation is 1. The predicted molar refractivity (Wildman–Crippen MR) is 65.7 cm³/mol. The SMILES string of the molecule is Cc1cnc(F)cc1N1CCC2(CCNC2)C1.